The van der Waals surface area contributed by atoms with E-state index in [4.69, 9.17) is 26.2 Å². The number of ether oxygens (including phenoxy) is 2. The molecule has 0 aliphatic carbocycles. The summed E-state index contributed by atoms with van der Waals surface area (Å²) in [5, 5.41) is 6.39. The molecule has 0 radical (unpaired) electrons. The molecule has 0 bridgehead atoms. The molecule has 0 saturated heterocycles. The van der Waals surface area contributed by atoms with Gasteiger partial charge in [0.05, 0.1) is 30.6 Å². The van der Waals surface area contributed by atoms with E-state index in [2.05, 4.69) is 24.0 Å². The molecule has 5 rings (SSSR count). The second-order valence-electron chi connectivity index (χ2n) is 8.54. The lowest BCUT2D eigenvalue weighted by molar-refractivity contribution is 0.0987. The molecule has 3 aromatic heterocycles. The van der Waals surface area contributed by atoms with Gasteiger partial charge in [0.1, 0.15) is 23.7 Å². The van der Waals surface area contributed by atoms with Crippen LogP contribution in [-0.4, -0.2) is 45.3 Å². The highest BCUT2D eigenvalue weighted by Crippen LogP contribution is 2.31. The molecule has 0 atom stereocenters. The maximum absolute atomic E-state index is 13.5. The Balaban J connectivity index is 1.47. The minimum Gasteiger partial charge on any atom is -0.491 e. The minimum absolute atomic E-state index is 0.0668. The molecule has 184 valence electrons. The Kier molecular flexibility index (Phi) is 7.02. The van der Waals surface area contributed by atoms with E-state index in [1.54, 1.807) is 23.9 Å². The number of aromatic nitrogens is 4. The highest BCUT2D eigenvalue weighted by molar-refractivity contribution is 6.32. The van der Waals surface area contributed by atoms with Crippen LogP contribution in [0.3, 0.4) is 0 Å². The van der Waals surface area contributed by atoms with Crippen molar-refractivity contribution in [3.8, 4) is 5.75 Å². The number of hydrogen-bond acceptors (Lipinski definition) is 5. The largest absolute Gasteiger partial charge is 0.491 e. The molecule has 0 saturated carbocycles. The maximum Gasteiger partial charge on any atom is 0.185 e. The number of nitrogens with zero attached hydrogens (tertiary/aromatic N) is 4. The van der Waals surface area contributed by atoms with Gasteiger partial charge in [0.25, 0.3) is 0 Å². The van der Waals surface area contributed by atoms with Gasteiger partial charge in [-0.1, -0.05) is 48.9 Å². The van der Waals surface area contributed by atoms with Crippen molar-refractivity contribution in [1.82, 2.24) is 19.2 Å². The van der Waals surface area contributed by atoms with Gasteiger partial charge in [-0.2, -0.15) is 5.10 Å². The van der Waals surface area contributed by atoms with Crippen molar-refractivity contribution in [2.75, 3.05) is 20.3 Å². The number of ketones is 1. The summed E-state index contributed by atoms with van der Waals surface area (Å²) < 4.78 is 14.5. The Labute approximate surface area is 214 Å². The number of imidazole rings is 1. The van der Waals surface area contributed by atoms with Gasteiger partial charge in [-0.05, 0) is 35.7 Å². The smallest absolute Gasteiger partial charge is 0.185 e. The third-order valence-corrected chi connectivity index (χ3v) is 6.57. The van der Waals surface area contributed by atoms with Gasteiger partial charge in [0.15, 0.2) is 5.78 Å². The fourth-order valence-corrected chi connectivity index (χ4v) is 4.67. The van der Waals surface area contributed by atoms with Crippen molar-refractivity contribution in [2.24, 2.45) is 0 Å². The van der Waals surface area contributed by atoms with Crippen LogP contribution in [0, 0.1) is 0 Å². The number of carbonyl (C=O) groups is 1. The van der Waals surface area contributed by atoms with E-state index in [1.807, 2.05) is 47.1 Å². The molecule has 0 fully saturated rings. The van der Waals surface area contributed by atoms with Crippen molar-refractivity contribution in [2.45, 2.75) is 26.3 Å². The highest BCUT2D eigenvalue weighted by atomic mass is 35.5. The molecule has 8 heteroatoms. The molecular weight excluding hydrogens is 476 g/mol. The van der Waals surface area contributed by atoms with Crippen molar-refractivity contribution in [3.05, 3.63) is 94.5 Å². The first-order chi connectivity index (χ1) is 17.6. The van der Waals surface area contributed by atoms with Crippen LogP contribution in [0.15, 0.2) is 67.0 Å². The molecule has 0 unspecified atom stereocenters. The number of methoxy groups -OCH3 is 1. The first-order valence-corrected chi connectivity index (χ1v) is 12.3. The van der Waals surface area contributed by atoms with Crippen LogP contribution in [0.1, 0.15) is 34.2 Å². The van der Waals surface area contributed by atoms with Crippen molar-refractivity contribution in [3.63, 3.8) is 0 Å². The van der Waals surface area contributed by atoms with Crippen molar-refractivity contribution >= 4 is 33.9 Å². The molecule has 0 aliphatic rings. The van der Waals surface area contributed by atoms with Gasteiger partial charge in [0, 0.05) is 36.2 Å². The lowest BCUT2D eigenvalue weighted by Gasteiger charge is -2.09. The van der Waals surface area contributed by atoms with Gasteiger partial charge in [-0.25, -0.2) is 4.98 Å². The van der Waals surface area contributed by atoms with Crippen LogP contribution < -0.4 is 4.74 Å². The quantitative estimate of drug-likeness (QED) is 0.189. The van der Waals surface area contributed by atoms with Gasteiger partial charge in [-0.3, -0.25) is 13.9 Å². The number of pyridine rings is 1. The summed E-state index contributed by atoms with van der Waals surface area (Å²) in [7, 11) is 1.63. The number of hydrogen-bond donors (Lipinski definition) is 0. The Bertz CT molecular complexity index is 1520. The lowest BCUT2D eigenvalue weighted by Crippen LogP contribution is -2.08. The number of benzene rings is 2. The predicted octanol–water partition coefficient (Wildman–Crippen LogP) is 5.40. The molecule has 0 amide bonds. The summed E-state index contributed by atoms with van der Waals surface area (Å²) in [5.74, 6) is 0.609. The van der Waals surface area contributed by atoms with Crippen molar-refractivity contribution in [1.29, 1.82) is 0 Å². The Morgan fingerprint density at radius 1 is 1.08 bits per heavy atom. The van der Waals surface area contributed by atoms with E-state index in [9.17, 15) is 4.79 Å². The Morgan fingerprint density at radius 2 is 1.92 bits per heavy atom. The van der Waals surface area contributed by atoms with Crippen LogP contribution in [-0.2, 0) is 24.1 Å². The molecule has 0 N–H and O–H groups in total. The van der Waals surface area contributed by atoms with Crippen LogP contribution >= 0.6 is 11.6 Å². The molecule has 7 nitrogen and oxygen atoms in total. The monoisotopic (exact) mass is 502 g/mol. The first kappa shape index (κ1) is 24.0. The SMILES string of the molecule is CCc1nn(Cc2ccccc2)c2ccc(Cl)c(CC(=O)c3cnc4cc(OCCOC)ccn34)c12. The van der Waals surface area contributed by atoms with Gasteiger partial charge >= 0.3 is 0 Å². The zero-order chi connectivity index (χ0) is 25.1. The first-order valence-electron chi connectivity index (χ1n) is 11.9. The number of rotatable bonds is 10. The average molecular weight is 503 g/mol. The van der Waals surface area contributed by atoms with E-state index < -0.39 is 0 Å². The third kappa shape index (κ3) is 4.72. The second-order valence-corrected chi connectivity index (χ2v) is 8.95. The summed E-state index contributed by atoms with van der Waals surface area (Å²) in [5.41, 5.74) is 5.00. The van der Waals surface area contributed by atoms with Gasteiger partial charge < -0.3 is 9.47 Å². The second kappa shape index (κ2) is 10.5. The number of carbonyl (C=O) groups excluding carboxylic acids is 1. The van der Waals surface area contributed by atoms with Gasteiger partial charge in [0.2, 0.25) is 0 Å². The Hall–Kier alpha value is -3.68. The molecule has 0 spiro atoms. The molecule has 36 heavy (non-hydrogen) atoms. The zero-order valence-electron chi connectivity index (χ0n) is 20.3. The standard InChI is InChI=1S/C28H27ClN4O3/c1-3-23-28-21(22(29)9-10-24(28)33(31-23)18-19-7-5-4-6-8-19)16-26(34)25-17-30-27-15-20(11-12-32(25)27)36-14-13-35-2/h4-12,15,17H,3,13-14,16,18H2,1-2H3. The maximum atomic E-state index is 13.5. The van der Waals surface area contributed by atoms with Gasteiger partial charge in [-0.15, -0.1) is 0 Å². The fraction of sp³-hybridized carbons (Fsp3) is 0.250. The summed E-state index contributed by atoms with van der Waals surface area (Å²) >= 11 is 6.67. The molecular formula is C28H27ClN4O3. The van der Waals surface area contributed by atoms with Crippen LogP contribution in [0.4, 0.5) is 0 Å². The van der Waals surface area contributed by atoms with Crippen LogP contribution in [0.2, 0.25) is 5.02 Å². The number of halogens is 1. The summed E-state index contributed by atoms with van der Waals surface area (Å²) in [6.07, 6.45) is 4.29. The number of fused-ring (bicyclic) bond motifs is 2. The normalized spacial score (nSPS) is 11.4. The summed E-state index contributed by atoms with van der Waals surface area (Å²) in [6.45, 7) is 3.66. The van der Waals surface area contributed by atoms with E-state index in [1.165, 1.54) is 0 Å². The van der Waals surface area contributed by atoms with Crippen molar-refractivity contribution < 1.29 is 14.3 Å². The topological polar surface area (TPSA) is 70.7 Å². The van der Waals surface area contributed by atoms with Crippen LogP contribution in [0.25, 0.3) is 16.6 Å². The van der Waals surface area contributed by atoms with Crippen LogP contribution in [0.5, 0.6) is 5.75 Å². The Morgan fingerprint density at radius 3 is 2.69 bits per heavy atom. The highest BCUT2D eigenvalue weighted by Gasteiger charge is 2.21. The summed E-state index contributed by atoms with van der Waals surface area (Å²) in [6, 6.07) is 17.7. The van der Waals surface area contributed by atoms with E-state index in [-0.39, 0.29) is 12.2 Å². The fourth-order valence-electron chi connectivity index (χ4n) is 4.45. The summed E-state index contributed by atoms with van der Waals surface area (Å²) in [4.78, 5) is 17.9. The predicted molar refractivity (Wildman–Crippen MR) is 140 cm³/mol. The van der Waals surface area contributed by atoms with E-state index in [0.29, 0.717) is 41.9 Å². The lowest BCUT2D eigenvalue weighted by atomic mass is 10.0. The average Bonchev–Trinajstić information content (AvgIpc) is 3.47. The molecule has 0 aliphatic heterocycles. The van der Waals surface area contributed by atoms with E-state index in [0.717, 1.165) is 34.1 Å². The number of Topliss-reactive ketones (excluding diaryl/α,β-unsaturated/α-hetero) is 1. The molecule has 5 aromatic rings. The zero-order valence-corrected chi connectivity index (χ0v) is 21.0. The molecule has 3 heterocycles. The van der Waals surface area contributed by atoms with E-state index >= 15 is 0 Å². The molecule has 2 aromatic carbocycles. The minimum atomic E-state index is -0.0668. The third-order valence-electron chi connectivity index (χ3n) is 6.22. The number of aryl methyl sites for hydroxylation is 1.